The maximum absolute atomic E-state index is 13.0. The molecule has 1 amide bonds. The summed E-state index contributed by atoms with van der Waals surface area (Å²) in [5.74, 6) is -0.111. The Balaban J connectivity index is 1.78. The third-order valence-electron chi connectivity index (χ3n) is 4.98. The van der Waals surface area contributed by atoms with Crippen LogP contribution in [-0.4, -0.2) is 16.2 Å². The Kier molecular flexibility index (Phi) is 4.77. The van der Waals surface area contributed by atoms with Crippen LogP contribution in [0, 0.1) is 13.8 Å². The van der Waals surface area contributed by atoms with Crippen LogP contribution in [0.3, 0.4) is 0 Å². The zero-order valence-corrected chi connectivity index (χ0v) is 17.6. The van der Waals surface area contributed by atoms with Gasteiger partial charge in [-0.1, -0.05) is 36.4 Å². The van der Waals surface area contributed by atoms with Gasteiger partial charge in [-0.3, -0.25) is 4.79 Å². The maximum atomic E-state index is 13.0. The van der Waals surface area contributed by atoms with Gasteiger partial charge in [-0.05, 0) is 67.0 Å². The lowest BCUT2D eigenvalue weighted by atomic mass is 10.1. The number of hydrogen-bond acceptors (Lipinski definition) is 2. The molecule has 1 aromatic heterocycles. The van der Waals surface area contributed by atoms with Gasteiger partial charge in [0.1, 0.15) is 0 Å². The number of benzene rings is 2. The van der Waals surface area contributed by atoms with E-state index in [9.17, 15) is 4.79 Å². The van der Waals surface area contributed by atoms with Gasteiger partial charge in [-0.15, -0.1) is 0 Å². The van der Waals surface area contributed by atoms with E-state index in [2.05, 4.69) is 51.6 Å². The minimum absolute atomic E-state index is 0.111. The van der Waals surface area contributed by atoms with Crippen LogP contribution < -0.4 is 5.01 Å². The number of para-hydroxylation sites is 2. The second kappa shape index (κ2) is 7.24. The third kappa shape index (κ3) is 3.02. The first-order valence-corrected chi connectivity index (χ1v) is 9.88. The van der Waals surface area contributed by atoms with Crippen LogP contribution in [0.15, 0.2) is 75.8 Å². The minimum atomic E-state index is -0.111. The second-order valence-electron chi connectivity index (χ2n) is 6.77. The van der Waals surface area contributed by atoms with Crippen LogP contribution in [0.1, 0.15) is 23.9 Å². The largest absolute Gasteiger partial charge is 0.317 e. The van der Waals surface area contributed by atoms with E-state index in [-0.39, 0.29) is 5.91 Å². The van der Waals surface area contributed by atoms with Crippen LogP contribution in [0.4, 0.5) is 5.69 Å². The van der Waals surface area contributed by atoms with Crippen molar-refractivity contribution < 1.29 is 4.79 Å². The van der Waals surface area contributed by atoms with Crippen molar-refractivity contribution in [3.8, 4) is 5.69 Å². The summed E-state index contributed by atoms with van der Waals surface area (Å²) < 4.78 is 3.18. The minimum Gasteiger partial charge on any atom is -0.317 e. The Bertz CT molecular complexity index is 1110. The van der Waals surface area contributed by atoms with Crippen molar-refractivity contribution in [2.75, 3.05) is 5.01 Å². The molecule has 0 saturated heterocycles. The van der Waals surface area contributed by atoms with Crippen LogP contribution in [0.5, 0.6) is 0 Å². The first-order chi connectivity index (χ1) is 13.5. The quantitative estimate of drug-likeness (QED) is 0.490. The lowest BCUT2D eigenvalue weighted by Crippen LogP contribution is -2.21. The molecule has 0 aliphatic carbocycles. The van der Waals surface area contributed by atoms with E-state index in [4.69, 9.17) is 0 Å². The Hall–Kier alpha value is -2.92. The molecule has 2 aromatic carbocycles. The van der Waals surface area contributed by atoms with Gasteiger partial charge in [0.25, 0.3) is 5.91 Å². The molecule has 5 heteroatoms. The van der Waals surface area contributed by atoms with E-state index >= 15 is 0 Å². The molecule has 4 rings (SSSR count). The predicted molar refractivity (Wildman–Crippen MR) is 118 cm³/mol. The molecular weight excluding hydrogens is 414 g/mol. The number of aromatic nitrogens is 1. The summed E-state index contributed by atoms with van der Waals surface area (Å²) >= 11 is 3.73. The molecule has 0 saturated carbocycles. The molecule has 2 heterocycles. The molecule has 3 aromatic rings. The number of carbonyl (C=O) groups is 1. The monoisotopic (exact) mass is 433 g/mol. The number of rotatable bonds is 3. The fourth-order valence-electron chi connectivity index (χ4n) is 3.53. The van der Waals surface area contributed by atoms with Crippen LogP contribution in [0.2, 0.25) is 0 Å². The molecule has 0 bridgehead atoms. The van der Waals surface area contributed by atoms with Gasteiger partial charge in [-0.25, -0.2) is 0 Å². The number of amides is 1. The molecule has 0 unspecified atom stereocenters. The summed E-state index contributed by atoms with van der Waals surface area (Å²) in [7, 11) is 0. The average molecular weight is 434 g/mol. The number of nitrogens with zero attached hydrogens (tertiary/aromatic N) is 3. The molecule has 140 valence electrons. The van der Waals surface area contributed by atoms with Crippen molar-refractivity contribution in [3.05, 3.63) is 87.7 Å². The van der Waals surface area contributed by atoms with E-state index in [1.807, 2.05) is 61.5 Å². The summed E-state index contributed by atoms with van der Waals surface area (Å²) in [6, 6.07) is 19.7. The Morgan fingerprint density at radius 3 is 2.04 bits per heavy atom. The summed E-state index contributed by atoms with van der Waals surface area (Å²) in [5, 5.41) is 5.94. The van der Waals surface area contributed by atoms with Crippen molar-refractivity contribution in [2.24, 2.45) is 5.10 Å². The van der Waals surface area contributed by atoms with Gasteiger partial charge < -0.3 is 4.57 Å². The maximum Gasteiger partial charge on any atom is 0.280 e. The molecule has 0 radical (unpaired) electrons. The van der Waals surface area contributed by atoms with Crippen molar-refractivity contribution >= 4 is 39.3 Å². The number of carbonyl (C=O) groups excluding carboxylic acids is 1. The summed E-state index contributed by atoms with van der Waals surface area (Å²) in [6.45, 7) is 6.01. The molecule has 0 spiro atoms. The predicted octanol–water partition coefficient (Wildman–Crippen LogP) is 5.66. The van der Waals surface area contributed by atoms with Gasteiger partial charge in [-0.2, -0.15) is 10.1 Å². The molecule has 1 aliphatic rings. The SMILES string of the molecule is CC1=NN(c2ccccc2)C(=O)/C1=C/c1c(Br)c(C)n(-c2ccccc2)c1C. The number of hydrogen-bond donors (Lipinski definition) is 0. The van der Waals surface area contributed by atoms with Crippen molar-refractivity contribution in [2.45, 2.75) is 20.8 Å². The first kappa shape index (κ1) is 18.4. The Morgan fingerprint density at radius 1 is 0.857 bits per heavy atom. The molecular formula is C23H20BrN3O. The highest BCUT2D eigenvalue weighted by Crippen LogP contribution is 2.34. The summed E-state index contributed by atoms with van der Waals surface area (Å²) in [6.07, 6.45) is 1.94. The van der Waals surface area contributed by atoms with Crippen molar-refractivity contribution in [1.29, 1.82) is 0 Å². The standard InChI is InChI=1S/C23H20BrN3O/c1-15-20(23(28)27(25-15)19-12-8-5-9-13-19)14-21-16(2)26(17(3)22(21)24)18-10-6-4-7-11-18/h4-14H,1-3H3/b20-14+. The molecule has 0 fully saturated rings. The summed E-state index contributed by atoms with van der Waals surface area (Å²) in [5.41, 5.74) is 6.34. The van der Waals surface area contributed by atoms with E-state index < -0.39 is 0 Å². The van der Waals surface area contributed by atoms with Gasteiger partial charge in [0.2, 0.25) is 0 Å². The lowest BCUT2D eigenvalue weighted by molar-refractivity contribution is -0.114. The van der Waals surface area contributed by atoms with Crippen LogP contribution in [-0.2, 0) is 4.79 Å². The van der Waals surface area contributed by atoms with Crippen molar-refractivity contribution in [1.82, 2.24) is 4.57 Å². The fraction of sp³-hybridized carbons (Fsp3) is 0.130. The summed E-state index contributed by atoms with van der Waals surface area (Å²) in [4.78, 5) is 13.0. The molecule has 28 heavy (non-hydrogen) atoms. The Morgan fingerprint density at radius 2 is 1.43 bits per heavy atom. The Labute approximate surface area is 172 Å². The van der Waals surface area contributed by atoms with Gasteiger partial charge >= 0.3 is 0 Å². The normalized spacial score (nSPS) is 15.4. The average Bonchev–Trinajstić information content (AvgIpc) is 3.11. The molecule has 0 N–H and O–H groups in total. The zero-order chi connectivity index (χ0) is 19.8. The smallest absolute Gasteiger partial charge is 0.280 e. The highest BCUT2D eigenvalue weighted by atomic mass is 79.9. The highest BCUT2D eigenvalue weighted by Gasteiger charge is 2.29. The fourth-order valence-corrected chi connectivity index (χ4v) is 4.11. The third-order valence-corrected chi connectivity index (χ3v) is 5.98. The van der Waals surface area contributed by atoms with Crippen molar-refractivity contribution in [3.63, 3.8) is 0 Å². The molecule has 4 nitrogen and oxygen atoms in total. The van der Waals surface area contributed by atoms with Gasteiger partial charge in [0, 0.05) is 27.1 Å². The first-order valence-electron chi connectivity index (χ1n) is 9.08. The molecule has 1 aliphatic heterocycles. The van der Waals surface area contributed by atoms with Gasteiger partial charge in [0.05, 0.1) is 17.0 Å². The number of hydrazone groups is 1. The van der Waals surface area contributed by atoms with E-state index in [0.29, 0.717) is 11.3 Å². The van der Waals surface area contributed by atoms with E-state index in [1.165, 1.54) is 5.01 Å². The molecule has 0 atom stereocenters. The lowest BCUT2D eigenvalue weighted by Gasteiger charge is -2.11. The number of anilines is 1. The van der Waals surface area contributed by atoms with Gasteiger partial charge in [0.15, 0.2) is 0 Å². The van der Waals surface area contributed by atoms with Crippen LogP contribution in [0.25, 0.3) is 11.8 Å². The number of halogens is 1. The topological polar surface area (TPSA) is 37.6 Å². The zero-order valence-electron chi connectivity index (χ0n) is 16.0. The van der Waals surface area contributed by atoms with E-state index in [1.54, 1.807) is 0 Å². The van der Waals surface area contributed by atoms with Crippen LogP contribution >= 0.6 is 15.9 Å². The second-order valence-corrected chi connectivity index (χ2v) is 7.56. The highest BCUT2D eigenvalue weighted by molar-refractivity contribution is 9.10. The van der Waals surface area contributed by atoms with E-state index in [0.717, 1.165) is 32.8 Å².